The van der Waals surface area contributed by atoms with E-state index in [1.54, 1.807) is 18.2 Å². The first-order chi connectivity index (χ1) is 8.20. The van der Waals surface area contributed by atoms with E-state index in [4.69, 9.17) is 9.84 Å². The van der Waals surface area contributed by atoms with Crippen molar-refractivity contribution < 1.29 is 19.7 Å². The van der Waals surface area contributed by atoms with E-state index >= 15 is 0 Å². The Hall–Kier alpha value is -1.39. The quantitative estimate of drug-likeness (QED) is 0.840. The van der Waals surface area contributed by atoms with Gasteiger partial charge in [-0.3, -0.25) is 0 Å². The Morgan fingerprint density at radius 2 is 2.18 bits per heavy atom. The minimum Gasteiger partial charge on any atom is -0.478 e. The molecule has 1 aromatic carbocycles. The highest BCUT2D eigenvalue weighted by Crippen LogP contribution is 2.30. The van der Waals surface area contributed by atoms with Crippen LogP contribution in [0.5, 0.6) is 0 Å². The second-order valence-electron chi connectivity index (χ2n) is 4.31. The van der Waals surface area contributed by atoms with E-state index in [-0.39, 0.29) is 11.5 Å². The van der Waals surface area contributed by atoms with Crippen molar-refractivity contribution >= 4 is 5.97 Å². The minimum atomic E-state index is -1.00. The number of aliphatic hydroxyl groups is 1. The molecule has 1 saturated heterocycles. The number of hydrogen-bond donors (Lipinski definition) is 2. The molecular weight excluding hydrogens is 220 g/mol. The summed E-state index contributed by atoms with van der Waals surface area (Å²) in [6, 6.07) is 6.60. The zero-order valence-electron chi connectivity index (χ0n) is 9.50. The van der Waals surface area contributed by atoms with E-state index in [1.165, 1.54) is 6.07 Å². The lowest BCUT2D eigenvalue weighted by Gasteiger charge is -2.27. The van der Waals surface area contributed by atoms with Gasteiger partial charge in [0, 0.05) is 12.5 Å². The topological polar surface area (TPSA) is 66.8 Å². The molecule has 17 heavy (non-hydrogen) atoms. The second-order valence-corrected chi connectivity index (χ2v) is 4.31. The molecule has 4 nitrogen and oxygen atoms in total. The molecule has 0 saturated carbocycles. The first-order valence-corrected chi connectivity index (χ1v) is 5.78. The van der Waals surface area contributed by atoms with Crippen LogP contribution in [0.4, 0.5) is 0 Å². The lowest BCUT2D eigenvalue weighted by atomic mass is 9.89. The number of carboxylic acid groups (broad SMARTS) is 1. The van der Waals surface area contributed by atoms with Gasteiger partial charge >= 0.3 is 5.97 Å². The number of rotatable bonds is 3. The van der Waals surface area contributed by atoms with Gasteiger partial charge in [0.05, 0.1) is 18.3 Å². The van der Waals surface area contributed by atoms with Crippen molar-refractivity contribution in [1.82, 2.24) is 0 Å². The van der Waals surface area contributed by atoms with Crippen molar-refractivity contribution in [3.05, 3.63) is 35.4 Å². The van der Waals surface area contributed by atoms with E-state index in [9.17, 15) is 9.90 Å². The molecule has 0 spiro atoms. The van der Waals surface area contributed by atoms with Crippen molar-refractivity contribution in [3.63, 3.8) is 0 Å². The molecule has 0 bridgehead atoms. The minimum absolute atomic E-state index is 0.00995. The molecule has 4 heteroatoms. The average molecular weight is 236 g/mol. The Morgan fingerprint density at radius 1 is 1.41 bits per heavy atom. The second kappa shape index (κ2) is 5.29. The van der Waals surface area contributed by atoms with Gasteiger partial charge < -0.3 is 14.9 Å². The summed E-state index contributed by atoms with van der Waals surface area (Å²) >= 11 is 0. The Labute approximate surface area is 99.8 Å². The first kappa shape index (κ1) is 12.1. The van der Waals surface area contributed by atoms with Crippen LogP contribution in [0.3, 0.4) is 0 Å². The maximum atomic E-state index is 11.1. The van der Waals surface area contributed by atoms with E-state index in [1.807, 2.05) is 0 Å². The highest BCUT2D eigenvalue weighted by molar-refractivity contribution is 5.89. The highest BCUT2D eigenvalue weighted by Gasteiger charge is 2.26. The standard InChI is InChI=1S/C13H16O4/c14-12(9-4-3-7-17-8-9)10-5-1-2-6-11(10)13(15)16/h1-2,5-6,9,12,14H,3-4,7-8H2,(H,15,16). The fourth-order valence-electron chi connectivity index (χ4n) is 2.22. The van der Waals surface area contributed by atoms with Gasteiger partial charge in [0.25, 0.3) is 0 Å². The SMILES string of the molecule is O=C(O)c1ccccc1C(O)C1CCCOC1. The van der Waals surface area contributed by atoms with Gasteiger partial charge in [0.2, 0.25) is 0 Å². The van der Waals surface area contributed by atoms with Crippen LogP contribution in [-0.2, 0) is 4.74 Å². The van der Waals surface area contributed by atoms with Crippen molar-refractivity contribution in [2.24, 2.45) is 5.92 Å². The van der Waals surface area contributed by atoms with Gasteiger partial charge in [0.1, 0.15) is 0 Å². The zero-order valence-corrected chi connectivity index (χ0v) is 9.50. The van der Waals surface area contributed by atoms with Crippen LogP contribution < -0.4 is 0 Å². The van der Waals surface area contributed by atoms with Gasteiger partial charge in [-0.2, -0.15) is 0 Å². The molecule has 1 aliphatic rings. The van der Waals surface area contributed by atoms with E-state index in [0.29, 0.717) is 12.2 Å². The smallest absolute Gasteiger partial charge is 0.336 e. The molecule has 0 aliphatic carbocycles. The van der Waals surface area contributed by atoms with Crippen LogP contribution in [0, 0.1) is 5.92 Å². The third kappa shape index (κ3) is 2.65. The van der Waals surface area contributed by atoms with Crippen LogP contribution in [0.1, 0.15) is 34.9 Å². The van der Waals surface area contributed by atoms with Crippen molar-refractivity contribution in [3.8, 4) is 0 Å². The molecular formula is C13H16O4. The Balaban J connectivity index is 2.23. The molecule has 0 amide bonds. The van der Waals surface area contributed by atoms with Gasteiger partial charge in [-0.25, -0.2) is 4.79 Å². The molecule has 92 valence electrons. The summed E-state index contributed by atoms with van der Waals surface area (Å²) in [5.41, 5.74) is 0.654. The van der Waals surface area contributed by atoms with Gasteiger partial charge in [0.15, 0.2) is 0 Å². The lowest BCUT2D eigenvalue weighted by Crippen LogP contribution is -2.24. The molecule has 2 unspecified atom stereocenters. The Kier molecular flexibility index (Phi) is 3.76. The first-order valence-electron chi connectivity index (χ1n) is 5.78. The van der Waals surface area contributed by atoms with Crippen molar-refractivity contribution in [1.29, 1.82) is 0 Å². The normalized spacial score (nSPS) is 22.1. The highest BCUT2D eigenvalue weighted by atomic mass is 16.5. The molecule has 1 aromatic rings. The van der Waals surface area contributed by atoms with E-state index in [0.717, 1.165) is 19.4 Å². The molecule has 2 N–H and O–H groups in total. The van der Waals surface area contributed by atoms with Crippen LogP contribution in [0.25, 0.3) is 0 Å². The average Bonchev–Trinajstić information content (AvgIpc) is 2.39. The Morgan fingerprint density at radius 3 is 2.82 bits per heavy atom. The summed E-state index contributed by atoms with van der Waals surface area (Å²) in [6.07, 6.45) is 1.02. The largest absolute Gasteiger partial charge is 0.478 e. The number of ether oxygens (including phenoxy) is 1. The van der Waals surface area contributed by atoms with E-state index in [2.05, 4.69) is 0 Å². The third-order valence-electron chi connectivity index (χ3n) is 3.15. The van der Waals surface area contributed by atoms with Crippen LogP contribution in [0.2, 0.25) is 0 Å². The van der Waals surface area contributed by atoms with Crippen molar-refractivity contribution in [2.75, 3.05) is 13.2 Å². The fraction of sp³-hybridized carbons (Fsp3) is 0.462. The Bertz CT molecular complexity index is 396. The molecule has 0 aromatic heterocycles. The third-order valence-corrected chi connectivity index (χ3v) is 3.15. The van der Waals surface area contributed by atoms with Crippen LogP contribution >= 0.6 is 0 Å². The summed E-state index contributed by atoms with van der Waals surface area (Å²) in [4.78, 5) is 11.1. The summed E-state index contributed by atoms with van der Waals surface area (Å²) < 4.78 is 5.32. The molecule has 2 atom stereocenters. The monoisotopic (exact) mass is 236 g/mol. The number of hydrogen-bond acceptors (Lipinski definition) is 3. The summed E-state index contributed by atoms with van der Waals surface area (Å²) in [6.45, 7) is 1.22. The predicted molar refractivity (Wildman–Crippen MR) is 61.9 cm³/mol. The maximum absolute atomic E-state index is 11.1. The fourth-order valence-corrected chi connectivity index (χ4v) is 2.22. The van der Waals surface area contributed by atoms with Gasteiger partial charge in [-0.1, -0.05) is 18.2 Å². The summed E-state index contributed by atoms with van der Waals surface area (Å²) in [5.74, 6) is -1.01. The number of benzene rings is 1. The molecule has 1 heterocycles. The molecule has 0 radical (unpaired) electrons. The number of carboxylic acids is 1. The number of aromatic carboxylic acids is 1. The zero-order chi connectivity index (χ0) is 12.3. The van der Waals surface area contributed by atoms with Gasteiger partial charge in [-0.05, 0) is 24.5 Å². The maximum Gasteiger partial charge on any atom is 0.336 e. The van der Waals surface area contributed by atoms with E-state index < -0.39 is 12.1 Å². The van der Waals surface area contributed by atoms with Crippen molar-refractivity contribution in [2.45, 2.75) is 18.9 Å². The summed E-state index contributed by atoms with van der Waals surface area (Å²) in [5, 5.41) is 19.3. The number of aliphatic hydroxyl groups excluding tert-OH is 1. The summed E-state index contributed by atoms with van der Waals surface area (Å²) in [7, 11) is 0. The van der Waals surface area contributed by atoms with Gasteiger partial charge in [-0.15, -0.1) is 0 Å². The van der Waals surface area contributed by atoms with Crippen LogP contribution in [0.15, 0.2) is 24.3 Å². The lowest BCUT2D eigenvalue weighted by molar-refractivity contribution is -0.0104. The molecule has 1 fully saturated rings. The number of carbonyl (C=O) groups is 1. The van der Waals surface area contributed by atoms with Crippen LogP contribution in [-0.4, -0.2) is 29.4 Å². The predicted octanol–water partition coefficient (Wildman–Crippen LogP) is 1.84. The molecule has 1 aliphatic heterocycles. The molecule has 2 rings (SSSR count).